The number of amides is 5. The van der Waals surface area contributed by atoms with E-state index in [1.165, 1.54) is 4.90 Å². The van der Waals surface area contributed by atoms with Gasteiger partial charge in [-0.25, -0.2) is 9.97 Å². The van der Waals surface area contributed by atoms with E-state index < -0.39 is 41.9 Å². The average molecular weight is 978 g/mol. The third-order valence-electron chi connectivity index (χ3n) is 12.8. The summed E-state index contributed by atoms with van der Waals surface area (Å²) in [4.78, 5) is 83.0. The number of nitrogen functional groups attached to an aromatic ring is 1. The monoisotopic (exact) mass is 978 g/mol. The second-order valence-corrected chi connectivity index (χ2v) is 19.0. The van der Waals surface area contributed by atoms with Crippen molar-refractivity contribution in [1.29, 1.82) is 5.41 Å². The summed E-state index contributed by atoms with van der Waals surface area (Å²) in [5.74, 6) is -0.725. The van der Waals surface area contributed by atoms with Crippen molar-refractivity contribution in [1.82, 2.24) is 40.7 Å². The summed E-state index contributed by atoms with van der Waals surface area (Å²) in [6, 6.07) is 12.2. The van der Waals surface area contributed by atoms with E-state index in [2.05, 4.69) is 47.8 Å². The maximum absolute atomic E-state index is 14.2. The minimum Gasteiger partial charge on any atom is -0.388 e. The van der Waals surface area contributed by atoms with E-state index in [9.17, 15) is 24.0 Å². The molecule has 4 aromatic rings. The number of hydrogen-bond acceptors (Lipinski definition) is 11. The Bertz CT molecular complexity index is 2490. The molecule has 5 amide bonds. The molecule has 20 heteroatoms. The van der Waals surface area contributed by atoms with Crippen LogP contribution < -0.4 is 38.5 Å². The van der Waals surface area contributed by atoms with E-state index in [1.807, 2.05) is 62.4 Å². The van der Waals surface area contributed by atoms with Crippen LogP contribution in [-0.4, -0.2) is 98.6 Å². The van der Waals surface area contributed by atoms with Crippen LogP contribution in [0.4, 0.5) is 5.82 Å². The maximum atomic E-state index is 14.2. The number of nitrogens with one attached hydrogen (secondary N) is 5. The number of imidazole rings is 1. The zero-order valence-electron chi connectivity index (χ0n) is 41.8. The Morgan fingerprint density at radius 2 is 1.59 bits per heavy atom. The number of nitrogens with zero attached hydrogens (tertiary/aromatic N) is 7. The second-order valence-electron chi connectivity index (χ2n) is 19.0. The molecule has 2 aromatic heterocycles. The first-order valence-electron chi connectivity index (χ1n) is 25.4. The van der Waals surface area contributed by atoms with Crippen LogP contribution in [0.2, 0.25) is 0 Å². The van der Waals surface area contributed by atoms with Gasteiger partial charge in [-0.2, -0.15) is 0 Å². The van der Waals surface area contributed by atoms with Gasteiger partial charge in [0.15, 0.2) is 5.82 Å². The highest BCUT2D eigenvalue weighted by molar-refractivity contribution is 6.06. The predicted molar refractivity (Wildman–Crippen MR) is 277 cm³/mol. The Balaban J connectivity index is 1.26. The first-order valence-corrected chi connectivity index (χ1v) is 25.4. The number of aryl methyl sites for hydroxylation is 1. The fourth-order valence-corrected chi connectivity index (χ4v) is 9.07. The van der Waals surface area contributed by atoms with Crippen LogP contribution in [0, 0.1) is 11.3 Å². The van der Waals surface area contributed by atoms with Crippen molar-refractivity contribution < 1.29 is 24.0 Å². The van der Waals surface area contributed by atoms with Crippen LogP contribution in [0.15, 0.2) is 53.6 Å². The molecule has 4 atom stereocenters. The summed E-state index contributed by atoms with van der Waals surface area (Å²) in [5.41, 5.74) is 30.7. The van der Waals surface area contributed by atoms with Crippen molar-refractivity contribution in [3.05, 3.63) is 75.9 Å². The van der Waals surface area contributed by atoms with Crippen LogP contribution in [0.5, 0.6) is 0 Å². The molecule has 20 nitrogen and oxygen atoms in total. The van der Waals surface area contributed by atoms with Crippen LogP contribution >= 0.6 is 0 Å². The molecule has 3 heterocycles. The lowest BCUT2D eigenvalue weighted by Gasteiger charge is -2.30. The molecular weight excluding hydrogens is 903 g/mol. The zero-order valence-corrected chi connectivity index (χ0v) is 41.8. The molecule has 0 aliphatic carbocycles. The molecule has 1 fully saturated rings. The van der Waals surface area contributed by atoms with Gasteiger partial charge >= 0.3 is 0 Å². The molecule has 4 unspecified atom stereocenters. The van der Waals surface area contributed by atoms with Crippen molar-refractivity contribution >= 4 is 63.1 Å². The molecule has 0 radical (unpaired) electrons. The lowest BCUT2D eigenvalue weighted by atomic mass is 10.0. The Morgan fingerprint density at radius 1 is 0.873 bits per heavy atom. The Kier molecular flexibility index (Phi) is 21.9. The number of likely N-dealkylation sites (tertiary alicyclic amines) is 1. The predicted octanol–water partition coefficient (Wildman–Crippen LogP) is 5.77. The summed E-state index contributed by atoms with van der Waals surface area (Å²) in [7, 11) is 0. The largest absolute Gasteiger partial charge is 0.388 e. The minimum absolute atomic E-state index is 0.0167. The quantitative estimate of drug-likeness (QED) is 0.00779. The molecule has 71 heavy (non-hydrogen) atoms. The molecule has 1 aliphatic rings. The van der Waals surface area contributed by atoms with E-state index >= 15 is 0 Å². The number of carbonyl (C=O) groups is 5. The summed E-state index contributed by atoms with van der Waals surface area (Å²) >= 11 is 0. The standard InChI is InChI=1S/C51H75N15O5/c1-4-5-21-43-63-45-46(36-15-6-7-16-37(36)60-47(45)55)66(43)32-35-25-23-34(24-26-35)31-57-48(68)38(17-8-9-20-42(53)54)61-49(69)40(30-33(2)3)62-50(70)41-19-14-29-65(41)51(71)39(18-10-12-27-52)59-44(67)22-11-13-28-58-64-56/h6-7,15-16,23-26,33,38-41H,4-5,8-14,17-22,27-32,52H2,1-3H3,(H3,53,54)(H2,55,60)(H,57,68)(H,59,67)(H,61,69)(H,62,70). The number of hydrogen-bond donors (Lipinski definition) is 8. The van der Waals surface area contributed by atoms with Gasteiger partial charge in [0.25, 0.3) is 0 Å². The van der Waals surface area contributed by atoms with Gasteiger partial charge < -0.3 is 47.9 Å². The van der Waals surface area contributed by atoms with Crippen molar-refractivity contribution in [3.8, 4) is 0 Å². The van der Waals surface area contributed by atoms with Crippen LogP contribution in [-0.2, 0) is 43.5 Å². The van der Waals surface area contributed by atoms with Crippen molar-refractivity contribution in [2.45, 2.75) is 161 Å². The van der Waals surface area contributed by atoms with Gasteiger partial charge in [0.05, 0.1) is 16.9 Å². The highest BCUT2D eigenvalue weighted by atomic mass is 16.2. The number of aromatic nitrogens is 3. The maximum Gasteiger partial charge on any atom is 0.245 e. The first-order chi connectivity index (χ1) is 34.2. The third kappa shape index (κ3) is 16.4. The molecule has 0 bridgehead atoms. The fourth-order valence-electron chi connectivity index (χ4n) is 9.07. The first kappa shape index (κ1) is 55.1. The average Bonchev–Trinajstić information content (AvgIpc) is 3.99. The van der Waals surface area contributed by atoms with Crippen LogP contribution in [0.25, 0.3) is 32.4 Å². The van der Waals surface area contributed by atoms with Gasteiger partial charge in [-0.15, -0.1) is 0 Å². The van der Waals surface area contributed by atoms with Gasteiger partial charge in [0.2, 0.25) is 29.5 Å². The van der Waals surface area contributed by atoms with Crippen molar-refractivity contribution in [2.75, 3.05) is 25.4 Å². The number of rotatable bonds is 30. The summed E-state index contributed by atoms with van der Waals surface area (Å²) in [6.07, 6.45) is 8.45. The number of benzene rings is 2. The van der Waals surface area contributed by atoms with E-state index in [0.717, 1.165) is 52.6 Å². The normalized spacial score (nSPS) is 14.7. The lowest BCUT2D eigenvalue weighted by Crippen LogP contribution is -2.58. The highest BCUT2D eigenvalue weighted by Gasteiger charge is 2.39. The fraction of sp³-hybridized carbons (Fsp3) is 0.569. The van der Waals surface area contributed by atoms with Gasteiger partial charge in [-0.1, -0.05) is 81.2 Å². The Labute approximate surface area is 416 Å². The Morgan fingerprint density at radius 3 is 2.31 bits per heavy atom. The number of pyridine rings is 1. The van der Waals surface area contributed by atoms with Gasteiger partial charge in [0.1, 0.15) is 35.5 Å². The highest BCUT2D eigenvalue weighted by Crippen LogP contribution is 2.30. The number of amidine groups is 1. The minimum atomic E-state index is -1.01. The summed E-state index contributed by atoms with van der Waals surface area (Å²) in [6.45, 7) is 7.78. The lowest BCUT2D eigenvalue weighted by molar-refractivity contribution is -0.142. The molecule has 0 spiro atoms. The smallest absolute Gasteiger partial charge is 0.245 e. The third-order valence-corrected chi connectivity index (χ3v) is 12.8. The molecule has 1 saturated heterocycles. The SMILES string of the molecule is CCCCc1nc2c(N)nc3ccccc3c2n1Cc1ccc(CNC(=O)C(CCCCC(=N)N)NC(=O)C(CC(C)C)NC(=O)C2CCCN2C(=O)C(CCCCN)NC(=O)CCCCN=[N+]=[N-])cc1. The van der Waals surface area contributed by atoms with Crippen molar-refractivity contribution in [2.24, 2.45) is 22.5 Å². The second kappa shape index (κ2) is 28.2. The number of nitrogens with two attached hydrogens (primary N) is 3. The van der Waals surface area contributed by atoms with E-state index in [4.69, 9.17) is 33.1 Å². The van der Waals surface area contributed by atoms with Crippen LogP contribution in [0.1, 0.15) is 134 Å². The topological polar surface area (TPSA) is 318 Å². The molecular formula is C51H75N15O5. The van der Waals surface area contributed by atoms with Gasteiger partial charge in [-0.05, 0) is 106 Å². The Hall–Kier alpha value is -6.79. The summed E-state index contributed by atoms with van der Waals surface area (Å²) < 4.78 is 2.23. The molecule has 0 saturated carbocycles. The zero-order chi connectivity index (χ0) is 51.3. The van der Waals surface area contributed by atoms with E-state index in [0.29, 0.717) is 95.2 Å². The molecule has 2 aromatic carbocycles. The van der Waals surface area contributed by atoms with E-state index in [-0.39, 0.29) is 55.9 Å². The number of azide groups is 1. The number of anilines is 1. The molecule has 11 N–H and O–H groups in total. The van der Waals surface area contributed by atoms with Crippen LogP contribution in [0.3, 0.4) is 0 Å². The number of fused-ring (bicyclic) bond motifs is 3. The molecule has 384 valence electrons. The van der Waals surface area contributed by atoms with E-state index in [1.54, 1.807) is 0 Å². The summed E-state index contributed by atoms with van der Waals surface area (Å²) in [5, 5.41) is 23.9. The van der Waals surface area contributed by atoms with Gasteiger partial charge in [-0.3, -0.25) is 29.4 Å². The van der Waals surface area contributed by atoms with Crippen molar-refractivity contribution in [3.63, 3.8) is 0 Å². The number of para-hydroxylation sites is 1. The number of unbranched alkanes of at least 4 members (excludes halogenated alkanes) is 4. The molecule has 1 aliphatic heterocycles. The molecule has 5 rings (SSSR count). The van der Waals surface area contributed by atoms with Gasteiger partial charge in [0, 0.05) is 55.7 Å². The number of carbonyl (C=O) groups excluding carboxylic acids is 5.